The number of furan rings is 1. The highest BCUT2D eigenvalue weighted by Crippen LogP contribution is 2.54. The van der Waals surface area contributed by atoms with Gasteiger partial charge in [0.05, 0.1) is 49.8 Å². The molecule has 488 valence electrons. The van der Waals surface area contributed by atoms with Crippen molar-refractivity contribution in [2.75, 3.05) is 0 Å². The van der Waals surface area contributed by atoms with Gasteiger partial charge in [-0.1, -0.05) is 212 Å². The molecule has 6 nitrogen and oxygen atoms in total. The van der Waals surface area contributed by atoms with Crippen LogP contribution in [0, 0.1) is 0 Å². The Hall–Kier alpha value is -14.2. The van der Waals surface area contributed by atoms with E-state index in [4.69, 9.17) is 14.4 Å². The molecule has 24 rings (SSSR count). The lowest BCUT2D eigenvalue weighted by molar-refractivity contribution is 0.669. The van der Waals surface area contributed by atoms with Gasteiger partial charge in [-0.05, 0) is 233 Å². The van der Waals surface area contributed by atoms with Gasteiger partial charge in [0.15, 0.2) is 0 Å². The molecule has 0 fully saturated rings. The van der Waals surface area contributed by atoms with Gasteiger partial charge in [-0.3, -0.25) is 4.57 Å². The van der Waals surface area contributed by atoms with E-state index in [1.54, 1.807) is 0 Å². The standard InChI is InChI=1S/C100H57N5O/c1-3-17-58(18-4-1)60-20-13-23-68(49-60)104-91-43-36-63(52-79(91)81-55-66(39-46-92(81)104)87-56-82-72-26-10-9-25-71(72)74-30-15-32-85(101-87)98(74)82)62-35-42-89-78(51-62)80-54-65(38-45-90(80)103(89)67-21-5-2-6-22-67)70-28-14-29-75-83-57-96(102-86-33-16-31-76(97(70)75)99(83)86)105-88-34-12-11-27-73(88)77-50-61(37-44-93(77)105)64-41-47-94-84(53-64)100-69-24-8-7-19-59(69)40-48-95(100)106-94/h1-57H. The summed E-state index contributed by atoms with van der Waals surface area (Å²) in [5, 5.41) is 14.2. The molecule has 0 bridgehead atoms. The lowest BCUT2D eigenvalue weighted by atomic mass is 9.92. The van der Waals surface area contributed by atoms with Gasteiger partial charge >= 0.3 is 0 Å². The summed E-state index contributed by atoms with van der Waals surface area (Å²) < 4.78 is 13.7. The molecule has 106 heavy (non-hydrogen) atoms. The summed E-state index contributed by atoms with van der Waals surface area (Å²) in [6.45, 7) is 0. The third-order valence-electron chi connectivity index (χ3n) is 23.1. The van der Waals surface area contributed by atoms with Crippen LogP contribution in [-0.2, 0) is 0 Å². The summed E-state index contributed by atoms with van der Waals surface area (Å²) in [4.78, 5) is 11.0. The smallest absolute Gasteiger partial charge is 0.138 e. The molecule has 2 aliphatic rings. The molecule has 0 N–H and O–H groups in total. The summed E-state index contributed by atoms with van der Waals surface area (Å²) >= 11 is 0. The molecular formula is C100H57N5O. The number of hydrogen-bond acceptors (Lipinski definition) is 3. The third kappa shape index (κ3) is 8.20. The zero-order valence-electron chi connectivity index (χ0n) is 57.1. The molecule has 0 radical (unpaired) electrons. The average molecular weight is 1340 g/mol. The first kappa shape index (κ1) is 57.4. The van der Waals surface area contributed by atoms with Gasteiger partial charge in [0, 0.05) is 70.8 Å². The molecule has 6 aromatic heterocycles. The fourth-order valence-corrected chi connectivity index (χ4v) is 18.4. The molecular weight excluding hydrogens is 1290 g/mol. The number of fused-ring (bicyclic) bond motifs is 20. The van der Waals surface area contributed by atoms with Crippen LogP contribution in [0.25, 0.3) is 237 Å². The van der Waals surface area contributed by atoms with E-state index in [1.165, 1.54) is 115 Å². The van der Waals surface area contributed by atoms with Gasteiger partial charge in [-0.2, -0.15) is 0 Å². The fraction of sp³-hybridized carbons (Fsp3) is 0. The average Bonchev–Trinajstić information content (AvgIpc) is 1.57. The minimum Gasteiger partial charge on any atom is -0.456 e. The monoisotopic (exact) mass is 1340 g/mol. The molecule has 16 aromatic carbocycles. The first-order valence-corrected chi connectivity index (χ1v) is 36.4. The van der Waals surface area contributed by atoms with Crippen molar-refractivity contribution in [1.82, 2.24) is 23.7 Å². The maximum absolute atomic E-state index is 6.45. The van der Waals surface area contributed by atoms with Crippen molar-refractivity contribution >= 4 is 120 Å². The zero-order chi connectivity index (χ0) is 69.0. The van der Waals surface area contributed by atoms with Crippen molar-refractivity contribution in [2.45, 2.75) is 0 Å². The molecule has 0 aliphatic heterocycles. The van der Waals surface area contributed by atoms with Crippen molar-refractivity contribution in [1.29, 1.82) is 0 Å². The van der Waals surface area contributed by atoms with Gasteiger partial charge in [0.1, 0.15) is 17.0 Å². The van der Waals surface area contributed by atoms with Crippen molar-refractivity contribution in [3.05, 3.63) is 346 Å². The number of benzene rings is 16. The van der Waals surface area contributed by atoms with Gasteiger partial charge < -0.3 is 13.6 Å². The molecule has 0 unspecified atom stereocenters. The van der Waals surface area contributed by atoms with E-state index in [-0.39, 0.29) is 0 Å². The highest BCUT2D eigenvalue weighted by molar-refractivity contribution is 6.22. The minimum atomic E-state index is 0.890. The highest BCUT2D eigenvalue weighted by atomic mass is 16.3. The predicted molar refractivity (Wildman–Crippen MR) is 441 cm³/mol. The molecule has 0 saturated carbocycles. The van der Waals surface area contributed by atoms with Crippen LogP contribution in [0.3, 0.4) is 0 Å². The van der Waals surface area contributed by atoms with Crippen molar-refractivity contribution in [3.63, 3.8) is 0 Å². The van der Waals surface area contributed by atoms with E-state index in [0.717, 1.165) is 122 Å². The van der Waals surface area contributed by atoms with E-state index >= 15 is 0 Å². The normalized spacial score (nSPS) is 12.3. The molecule has 22 aromatic rings. The zero-order valence-corrected chi connectivity index (χ0v) is 57.1. The maximum Gasteiger partial charge on any atom is 0.138 e. The van der Waals surface area contributed by atoms with Crippen LogP contribution in [0.2, 0.25) is 0 Å². The largest absolute Gasteiger partial charge is 0.456 e. The van der Waals surface area contributed by atoms with Crippen LogP contribution in [0.15, 0.2) is 350 Å². The third-order valence-corrected chi connectivity index (χ3v) is 23.1. The van der Waals surface area contributed by atoms with Crippen LogP contribution in [-0.4, -0.2) is 23.7 Å². The van der Waals surface area contributed by atoms with Crippen LogP contribution >= 0.6 is 0 Å². The molecule has 0 atom stereocenters. The lowest BCUT2D eigenvalue weighted by Gasteiger charge is -2.12. The Morgan fingerprint density at radius 1 is 0.217 bits per heavy atom. The van der Waals surface area contributed by atoms with Crippen LogP contribution < -0.4 is 0 Å². The number of aromatic nitrogens is 5. The van der Waals surface area contributed by atoms with Gasteiger partial charge in [0.25, 0.3) is 0 Å². The fourth-order valence-electron chi connectivity index (χ4n) is 18.4. The topological polar surface area (TPSA) is 53.7 Å². The van der Waals surface area contributed by atoms with E-state index < -0.39 is 0 Å². The number of hydrogen-bond donors (Lipinski definition) is 0. The molecule has 0 amide bonds. The highest BCUT2D eigenvalue weighted by Gasteiger charge is 2.29. The Bertz CT molecular complexity index is 7640. The summed E-state index contributed by atoms with van der Waals surface area (Å²) in [6, 6.07) is 127. The molecule has 2 aliphatic carbocycles. The number of nitrogens with zero attached hydrogens (tertiary/aromatic N) is 5. The van der Waals surface area contributed by atoms with E-state index in [9.17, 15) is 0 Å². The lowest BCUT2D eigenvalue weighted by Crippen LogP contribution is -1.98. The SMILES string of the molecule is c1ccc(-c2cccc(-n3c4ccc(-c5ccc6c(c5)c5cc(-c7cccc8c7-c7cccc9nc(-n%10c%11ccccc%11c%11cc(-c%12ccc%13oc%14ccc%15ccccc%15c%14c%13c%12)ccc%11%10)cc-8c79)ccc5n6-c5ccccc5)cc4c4cc(-c5cc6c7c(cccc7n5)-c5ccccc5-6)ccc43)c2)cc1. The van der Waals surface area contributed by atoms with E-state index in [2.05, 4.69) is 359 Å². The first-order chi connectivity index (χ1) is 52.5. The molecule has 0 saturated heterocycles. The summed E-state index contributed by atoms with van der Waals surface area (Å²) in [5.74, 6) is 0.890. The van der Waals surface area contributed by atoms with Gasteiger partial charge in [0.2, 0.25) is 0 Å². The Kier molecular flexibility index (Phi) is 11.7. The minimum absolute atomic E-state index is 0.890. The van der Waals surface area contributed by atoms with Gasteiger partial charge in [-0.25, -0.2) is 9.97 Å². The van der Waals surface area contributed by atoms with E-state index in [1.807, 2.05) is 0 Å². The molecule has 6 heterocycles. The maximum atomic E-state index is 6.45. The second-order valence-corrected chi connectivity index (χ2v) is 28.7. The molecule has 6 heteroatoms. The number of para-hydroxylation sites is 2. The van der Waals surface area contributed by atoms with E-state index in [0.29, 0.717) is 0 Å². The Morgan fingerprint density at radius 2 is 0.679 bits per heavy atom. The predicted octanol–water partition coefficient (Wildman–Crippen LogP) is 26.8. The number of pyridine rings is 2. The Balaban J connectivity index is 0.643. The van der Waals surface area contributed by atoms with Crippen LogP contribution in [0.5, 0.6) is 0 Å². The quantitative estimate of drug-likeness (QED) is 0.152. The van der Waals surface area contributed by atoms with Crippen molar-refractivity contribution in [3.8, 4) is 117 Å². The van der Waals surface area contributed by atoms with Crippen molar-refractivity contribution < 1.29 is 4.42 Å². The second-order valence-electron chi connectivity index (χ2n) is 28.7. The van der Waals surface area contributed by atoms with Crippen molar-refractivity contribution in [2.24, 2.45) is 0 Å². The van der Waals surface area contributed by atoms with Gasteiger partial charge in [-0.15, -0.1) is 0 Å². The molecule has 0 spiro atoms. The second kappa shape index (κ2) is 21.7. The van der Waals surface area contributed by atoms with Crippen LogP contribution in [0.4, 0.5) is 0 Å². The number of rotatable bonds is 8. The Labute approximate surface area is 607 Å². The van der Waals surface area contributed by atoms with Crippen LogP contribution in [0.1, 0.15) is 0 Å². The summed E-state index contributed by atoms with van der Waals surface area (Å²) in [6.07, 6.45) is 0. The summed E-state index contributed by atoms with van der Waals surface area (Å²) in [5.41, 5.74) is 34.0. The Morgan fingerprint density at radius 3 is 1.42 bits per heavy atom. The summed E-state index contributed by atoms with van der Waals surface area (Å²) in [7, 11) is 0. The first-order valence-electron chi connectivity index (χ1n) is 36.4.